The van der Waals surface area contributed by atoms with E-state index in [0.29, 0.717) is 15.6 Å². The molecule has 0 unspecified atom stereocenters. The summed E-state index contributed by atoms with van der Waals surface area (Å²) in [6.07, 6.45) is 2.63. The van der Waals surface area contributed by atoms with E-state index >= 15 is 0 Å². The molecule has 0 spiro atoms. The number of fused-ring (bicyclic) bond motifs is 5. The molecule has 74 valence electrons. The molecule has 3 rings (SSSR count). The van der Waals surface area contributed by atoms with Crippen molar-refractivity contribution in [3.8, 4) is 0 Å². The zero-order chi connectivity index (χ0) is 9.71. The first-order valence-electron chi connectivity index (χ1n) is 5.16. The Hall–Kier alpha value is 0.180. The first-order chi connectivity index (χ1) is 6.79. The molecule has 2 heteroatoms. The lowest BCUT2D eigenvalue weighted by Gasteiger charge is -2.30. The van der Waals surface area contributed by atoms with Crippen molar-refractivity contribution in [3.05, 3.63) is 35.4 Å². The number of hydrogen-bond donors (Lipinski definition) is 0. The average molecular weight is 316 g/mol. The summed E-state index contributed by atoms with van der Waals surface area (Å²) in [5.74, 6) is 1.44. The Morgan fingerprint density at radius 3 is 2.50 bits per heavy atom. The smallest absolute Gasteiger partial charge is 0.0294 e. The molecule has 0 aliphatic heterocycles. The van der Waals surface area contributed by atoms with Gasteiger partial charge >= 0.3 is 0 Å². The highest BCUT2D eigenvalue weighted by molar-refractivity contribution is 9.10. The Balaban J connectivity index is 2.16. The second kappa shape index (κ2) is 3.34. The van der Waals surface area contributed by atoms with Crippen molar-refractivity contribution in [2.24, 2.45) is 0 Å². The maximum Gasteiger partial charge on any atom is 0.0294 e. The molecule has 0 aromatic heterocycles. The van der Waals surface area contributed by atoms with Gasteiger partial charge in [0.2, 0.25) is 0 Å². The zero-order valence-electron chi connectivity index (χ0n) is 7.79. The summed E-state index contributed by atoms with van der Waals surface area (Å²) in [5.41, 5.74) is 3.15. The monoisotopic (exact) mass is 314 g/mol. The van der Waals surface area contributed by atoms with Gasteiger partial charge in [-0.25, -0.2) is 0 Å². The summed E-state index contributed by atoms with van der Waals surface area (Å²) < 4.78 is 0. The highest BCUT2D eigenvalue weighted by atomic mass is 79.9. The number of halogens is 2. The van der Waals surface area contributed by atoms with Crippen molar-refractivity contribution >= 4 is 31.9 Å². The molecule has 0 radical (unpaired) electrons. The molecule has 1 fully saturated rings. The van der Waals surface area contributed by atoms with Crippen LogP contribution in [0, 0.1) is 0 Å². The van der Waals surface area contributed by atoms with Gasteiger partial charge in [-0.1, -0.05) is 56.1 Å². The third-order valence-corrected chi connectivity index (χ3v) is 5.86. The molecule has 0 amide bonds. The van der Waals surface area contributed by atoms with Gasteiger partial charge in [0.15, 0.2) is 0 Å². The first-order valence-corrected chi connectivity index (χ1v) is 6.99. The fourth-order valence-corrected chi connectivity index (χ4v) is 5.46. The predicted octanol–water partition coefficient (Wildman–Crippen LogP) is 4.19. The van der Waals surface area contributed by atoms with Crippen molar-refractivity contribution in [1.29, 1.82) is 0 Å². The highest BCUT2D eigenvalue weighted by Gasteiger charge is 2.45. The Morgan fingerprint density at radius 2 is 1.71 bits per heavy atom. The molecular formula is C12H12Br2. The lowest BCUT2D eigenvalue weighted by Crippen LogP contribution is -2.25. The minimum Gasteiger partial charge on any atom is -0.0884 e. The minimum atomic E-state index is 0.651. The molecular weight excluding hydrogens is 304 g/mol. The topological polar surface area (TPSA) is 0 Å². The Kier molecular flexibility index (Phi) is 2.25. The van der Waals surface area contributed by atoms with Crippen molar-refractivity contribution in [3.63, 3.8) is 0 Å². The Morgan fingerprint density at radius 1 is 1.00 bits per heavy atom. The van der Waals surface area contributed by atoms with Crippen LogP contribution in [0.1, 0.15) is 35.8 Å². The van der Waals surface area contributed by atoms with Crippen LogP contribution in [0.3, 0.4) is 0 Å². The fourth-order valence-electron chi connectivity index (χ4n) is 2.97. The molecule has 1 aromatic rings. The summed E-state index contributed by atoms with van der Waals surface area (Å²) >= 11 is 7.69. The number of rotatable bonds is 0. The van der Waals surface area contributed by atoms with Gasteiger partial charge in [0.05, 0.1) is 0 Å². The fraction of sp³-hybridized carbons (Fsp3) is 0.500. The average Bonchev–Trinajstić information content (AvgIpc) is 2.37. The van der Waals surface area contributed by atoms with Crippen LogP contribution in [-0.2, 0) is 0 Å². The second-order valence-electron chi connectivity index (χ2n) is 4.30. The van der Waals surface area contributed by atoms with E-state index in [1.54, 1.807) is 11.1 Å². The molecule has 0 heterocycles. The molecule has 1 saturated carbocycles. The van der Waals surface area contributed by atoms with Gasteiger partial charge in [-0.05, 0) is 29.9 Å². The summed E-state index contributed by atoms with van der Waals surface area (Å²) in [4.78, 5) is 1.31. The molecule has 0 nitrogen and oxygen atoms in total. The van der Waals surface area contributed by atoms with Gasteiger partial charge in [0, 0.05) is 15.6 Å². The third kappa shape index (κ3) is 1.16. The molecule has 2 bridgehead atoms. The largest absolute Gasteiger partial charge is 0.0884 e. The van der Waals surface area contributed by atoms with Crippen molar-refractivity contribution in [2.45, 2.75) is 34.3 Å². The number of hydrogen-bond acceptors (Lipinski definition) is 0. The van der Waals surface area contributed by atoms with Crippen molar-refractivity contribution < 1.29 is 0 Å². The first kappa shape index (κ1) is 9.41. The SMILES string of the molecule is Br[C@H]1[C@@H]2c3ccccc3[C@H]1CC[C@@H]2Br. The summed E-state index contributed by atoms with van der Waals surface area (Å²) in [6, 6.07) is 8.94. The summed E-state index contributed by atoms with van der Waals surface area (Å²) in [7, 11) is 0. The normalized spacial score (nSPS) is 39.6. The van der Waals surface area contributed by atoms with Crippen LogP contribution in [0.15, 0.2) is 24.3 Å². The molecule has 0 saturated heterocycles. The van der Waals surface area contributed by atoms with Crippen LogP contribution in [0.25, 0.3) is 0 Å². The van der Waals surface area contributed by atoms with Crippen molar-refractivity contribution in [2.75, 3.05) is 0 Å². The summed E-state index contributed by atoms with van der Waals surface area (Å²) in [6.45, 7) is 0. The van der Waals surface area contributed by atoms with E-state index in [0.717, 1.165) is 5.92 Å². The second-order valence-corrected chi connectivity index (χ2v) is 6.53. The third-order valence-electron chi connectivity index (χ3n) is 3.63. The lowest BCUT2D eigenvalue weighted by molar-refractivity contribution is 0.469. The molecule has 0 N–H and O–H groups in total. The molecule has 2 aliphatic rings. The predicted molar refractivity (Wildman–Crippen MR) is 66.6 cm³/mol. The Labute approximate surface area is 101 Å². The van der Waals surface area contributed by atoms with E-state index < -0.39 is 0 Å². The highest BCUT2D eigenvalue weighted by Crippen LogP contribution is 2.55. The zero-order valence-corrected chi connectivity index (χ0v) is 11.0. The van der Waals surface area contributed by atoms with Gasteiger partial charge < -0.3 is 0 Å². The van der Waals surface area contributed by atoms with Gasteiger partial charge in [-0.2, -0.15) is 0 Å². The number of alkyl halides is 2. The van der Waals surface area contributed by atoms with Crippen molar-refractivity contribution in [1.82, 2.24) is 0 Å². The van der Waals surface area contributed by atoms with Gasteiger partial charge in [0.25, 0.3) is 0 Å². The van der Waals surface area contributed by atoms with E-state index in [1.807, 2.05) is 0 Å². The summed E-state index contributed by atoms with van der Waals surface area (Å²) in [5, 5.41) is 0. The van der Waals surface area contributed by atoms with Gasteiger partial charge in [-0.3, -0.25) is 0 Å². The maximum absolute atomic E-state index is 3.87. The van der Waals surface area contributed by atoms with E-state index in [2.05, 4.69) is 56.1 Å². The van der Waals surface area contributed by atoms with Gasteiger partial charge in [0.1, 0.15) is 0 Å². The van der Waals surface area contributed by atoms with E-state index in [1.165, 1.54) is 12.8 Å². The molecule has 1 aromatic carbocycles. The molecule has 2 aliphatic carbocycles. The van der Waals surface area contributed by atoms with Crippen LogP contribution in [0.4, 0.5) is 0 Å². The minimum absolute atomic E-state index is 0.651. The quantitative estimate of drug-likeness (QED) is 0.630. The van der Waals surface area contributed by atoms with Crippen LogP contribution in [-0.4, -0.2) is 9.65 Å². The van der Waals surface area contributed by atoms with Crippen LogP contribution in [0.5, 0.6) is 0 Å². The lowest BCUT2D eigenvalue weighted by atomic mass is 9.86. The van der Waals surface area contributed by atoms with Crippen LogP contribution in [0.2, 0.25) is 0 Å². The Bertz CT molecular complexity index is 361. The van der Waals surface area contributed by atoms with Crippen LogP contribution >= 0.6 is 31.9 Å². The molecule has 14 heavy (non-hydrogen) atoms. The van der Waals surface area contributed by atoms with Crippen LogP contribution < -0.4 is 0 Å². The van der Waals surface area contributed by atoms with E-state index in [-0.39, 0.29) is 0 Å². The maximum atomic E-state index is 3.87. The standard InChI is InChI=1S/C12H12Br2/c13-10-6-5-9-7-3-1-2-4-8(7)11(10)12(9)14/h1-4,9-12H,5-6H2/t9-,10+,11-,12-/m1/s1. The van der Waals surface area contributed by atoms with E-state index in [4.69, 9.17) is 0 Å². The van der Waals surface area contributed by atoms with E-state index in [9.17, 15) is 0 Å². The van der Waals surface area contributed by atoms with Gasteiger partial charge in [-0.15, -0.1) is 0 Å². The molecule has 4 atom stereocenters. The number of benzene rings is 1.